The van der Waals surface area contributed by atoms with Crippen molar-refractivity contribution in [1.29, 1.82) is 0 Å². The van der Waals surface area contributed by atoms with Crippen LogP contribution in [0.4, 0.5) is 0 Å². The molecule has 0 aromatic carbocycles. The monoisotopic (exact) mass is 963 g/mol. The molecule has 6 heteroatoms. The van der Waals surface area contributed by atoms with Crippen LogP contribution in [0.25, 0.3) is 0 Å². The molecule has 0 rings (SSSR count). The minimum atomic E-state index is -0.794. The molecule has 0 amide bonds. The highest BCUT2D eigenvalue weighted by Gasteiger charge is 2.19. The van der Waals surface area contributed by atoms with Crippen LogP contribution in [-0.4, -0.2) is 37.2 Å². The fourth-order valence-corrected chi connectivity index (χ4v) is 8.29. The summed E-state index contributed by atoms with van der Waals surface area (Å²) in [5, 5.41) is 0. The fraction of sp³-hybridized carbons (Fsp3) is 0.762. The zero-order valence-corrected chi connectivity index (χ0v) is 45.6. The molecule has 69 heavy (non-hydrogen) atoms. The van der Waals surface area contributed by atoms with Crippen LogP contribution in [0.15, 0.2) is 72.9 Å². The van der Waals surface area contributed by atoms with Crippen LogP contribution in [0.5, 0.6) is 0 Å². The zero-order chi connectivity index (χ0) is 50.0. The van der Waals surface area contributed by atoms with Crippen LogP contribution in [0.2, 0.25) is 0 Å². The Kier molecular flexibility index (Phi) is 54.8. The molecule has 1 unspecified atom stereocenters. The van der Waals surface area contributed by atoms with Gasteiger partial charge in [-0.05, 0) is 89.9 Å². The van der Waals surface area contributed by atoms with Crippen molar-refractivity contribution in [3.8, 4) is 0 Å². The highest BCUT2D eigenvalue weighted by molar-refractivity contribution is 5.71. The summed E-state index contributed by atoms with van der Waals surface area (Å²) in [7, 11) is 0. The van der Waals surface area contributed by atoms with E-state index in [1.807, 2.05) is 0 Å². The number of unbranched alkanes of at least 4 members (excludes halogenated alkanes) is 30. The van der Waals surface area contributed by atoms with Gasteiger partial charge < -0.3 is 14.2 Å². The van der Waals surface area contributed by atoms with Crippen molar-refractivity contribution in [2.24, 2.45) is 0 Å². The van der Waals surface area contributed by atoms with Crippen LogP contribution < -0.4 is 0 Å². The summed E-state index contributed by atoms with van der Waals surface area (Å²) in [4.78, 5) is 38.0. The molecule has 0 aliphatic heterocycles. The van der Waals surface area contributed by atoms with Crippen LogP contribution in [0.1, 0.15) is 290 Å². The molecular formula is C63H110O6. The van der Waals surface area contributed by atoms with Gasteiger partial charge in [-0.3, -0.25) is 14.4 Å². The molecule has 0 fully saturated rings. The van der Waals surface area contributed by atoms with E-state index in [1.54, 1.807) is 0 Å². The molecule has 0 heterocycles. The van der Waals surface area contributed by atoms with E-state index in [-0.39, 0.29) is 37.5 Å². The number of allylic oxidation sites excluding steroid dienone is 12. The maximum absolute atomic E-state index is 12.8. The van der Waals surface area contributed by atoms with E-state index in [0.717, 1.165) is 83.5 Å². The summed E-state index contributed by atoms with van der Waals surface area (Å²) in [6.45, 7) is 6.48. The average molecular weight is 964 g/mol. The van der Waals surface area contributed by atoms with E-state index in [1.165, 1.54) is 161 Å². The quantitative estimate of drug-likeness (QED) is 0.0262. The minimum Gasteiger partial charge on any atom is -0.462 e. The van der Waals surface area contributed by atoms with E-state index >= 15 is 0 Å². The van der Waals surface area contributed by atoms with Gasteiger partial charge in [0.25, 0.3) is 0 Å². The van der Waals surface area contributed by atoms with Crippen LogP contribution in [-0.2, 0) is 28.6 Å². The maximum atomic E-state index is 12.8. The van der Waals surface area contributed by atoms with E-state index in [2.05, 4.69) is 93.7 Å². The standard InChI is InChI=1S/C63H110O6/c1-4-7-10-13-16-19-21-23-25-26-27-28-29-30-31-32-33-34-35-36-38-39-41-44-47-50-53-56-62(65)68-59-60(58-67-61(64)55-52-49-46-43-18-15-12-9-6-3)69-63(66)57-54-51-48-45-42-40-37-24-22-20-17-14-11-8-5-2/h8,11,17,20-21,23-24,26-27,37,42,45,60H,4-7,9-10,12-16,18-19,22,25,28-36,38-41,43-44,46-59H2,1-3H3/b11-8-,20-17-,23-21-,27-26-,37-24-,45-42-. The number of carbonyl (C=O) groups excluding carboxylic acids is 3. The van der Waals surface area contributed by atoms with Crippen LogP contribution in [0.3, 0.4) is 0 Å². The molecule has 1 atom stereocenters. The van der Waals surface area contributed by atoms with Gasteiger partial charge in [-0.25, -0.2) is 0 Å². The van der Waals surface area contributed by atoms with Crippen molar-refractivity contribution in [2.75, 3.05) is 13.2 Å². The van der Waals surface area contributed by atoms with Crippen molar-refractivity contribution < 1.29 is 28.6 Å². The molecule has 0 N–H and O–H groups in total. The van der Waals surface area contributed by atoms with E-state index in [4.69, 9.17) is 14.2 Å². The first-order valence-electron chi connectivity index (χ1n) is 29.4. The third-order valence-corrected chi connectivity index (χ3v) is 12.7. The Morgan fingerprint density at radius 1 is 0.304 bits per heavy atom. The second kappa shape index (κ2) is 57.4. The van der Waals surface area contributed by atoms with Gasteiger partial charge in [0, 0.05) is 19.3 Å². The first-order valence-corrected chi connectivity index (χ1v) is 29.4. The Hall–Kier alpha value is -3.15. The normalized spacial score (nSPS) is 12.6. The predicted molar refractivity (Wildman–Crippen MR) is 298 cm³/mol. The minimum absolute atomic E-state index is 0.0897. The molecule has 0 saturated heterocycles. The summed E-state index contributed by atoms with van der Waals surface area (Å²) in [6.07, 6.45) is 73.5. The lowest BCUT2D eigenvalue weighted by Crippen LogP contribution is -2.30. The highest BCUT2D eigenvalue weighted by atomic mass is 16.6. The second-order valence-corrected chi connectivity index (χ2v) is 19.5. The van der Waals surface area contributed by atoms with Gasteiger partial charge in [0.15, 0.2) is 6.10 Å². The number of esters is 3. The Morgan fingerprint density at radius 2 is 0.565 bits per heavy atom. The van der Waals surface area contributed by atoms with Crippen LogP contribution in [0, 0.1) is 0 Å². The van der Waals surface area contributed by atoms with E-state index < -0.39 is 6.10 Å². The van der Waals surface area contributed by atoms with Crippen LogP contribution >= 0.6 is 0 Å². The van der Waals surface area contributed by atoms with Gasteiger partial charge in [-0.2, -0.15) is 0 Å². The summed E-state index contributed by atoms with van der Waals surface area (Å²) in [5.41, 5.74) is 0. The number of rotatable bonds is 53. The molecule has 0 aromatic rings. The van der Waals surface area contributed by atoms with Crippen molar-refractivity contribution in [3.63, 3.8) is 0 Å². The number of hydrogen-bond acceptors (Lipinski definition) is 6. The van der Waals surface area contributed by atoms with Gasteiger partial charge >= 0.3 is 17.9 Å². The second-order valence-electron chi connectivity index (χ2n) is 19.5. The lowest BCUT2D eigenvalue weighted by atomic mass is 10.0. The summed E-state index contributed by atoms with van der Waals surface area (Å²) >= 11 is 0. The Bertz CT molecular complexity index is 1290. The largest absolute Gasteiger partial charge is 0.462 e. The average Bonchev–Trinajstić information content (AvgIpc) is 3.35. The smallest absolute Gasteiger partial charge is 0.306 e. The molecule has 0 spiro atoms. The van der Waals surface area contributed by atoms with Gasteiger partial charge in [-0.1, -0.05) is 254 Å². The lowest BCUT2D eigenvalue weighted by molar-refractivity contribution is -0.167. The molecule has 0 aliphatic carbocycles. The van der Waals surface area contributed by atoms with Gasteiger partial charge in [-0.15, -0.1) is 0 Å². The Morgan fingerprint density at radius 3 is 0.913 bits per heavy atom. The van der Waals surface area contributed by atoms with Crippen molar-refractivity contribution >= 4 is 17.9 Å². The van der Waals surface area contributed by atoms with Gasteiger partial charge in [0.2, 0.25) is 0 Å². The third kappa shape index (κ3) is 55.6. The molecule has 0 aliphatic rings. The Balaban J connectivity index is 4.19. The molecule has 0 aromatic heterocycles. The Labute approximate surface area is 427 Å². The third-order valence-electron chi connectivity index (χ3n) is 12.7. The lowest BCUT2D eigenvalue weighted by Gasteiger charge is -2.18. The van der Waals surface area contributed by atoms with E-state index in [0.29, 0.717) is 19.3 Å². The number of carbonyl (C=O) groups is 3. The maximum Gasteiger partial charge on any atom is 0.306 e. The van der Waals surface area contributed by atoms with E-state index in [9.17, 15) is 14.4 Å². The van der Waals surface area contributed by atoms with Crippen molar-refractivity contribution in [2.45, 2.75) is 297 Å². The SMILES string of the molecule is CC/C=C\C/C=C\C/C=C\C/C=C\CCCCC(=O)OC(COC(=O)CCCCCCCCCCC)COC(=O)CCCCCCCCCCCCCCCCC/C=C\C/C=C\CCCCCCC. The van der Waals surface area contributed by atoms with Gasteiger partial charge in [0.1, 0.15) is 13.2 Å². The summed E-state index contributed by atoms with van der Waals surface area (Å²) in [5.74, 6) is -0.927. The summed E-state index contributed by atoms with van der Waals surface area (Å²) < 4.78 is 16.8. The molecule has 6 nitrogen and oxygen atoms in total. The van der Waals surface area contributed by atoms with Gasteiger partial charge in [0.05, 0.1) is 0 Å². The highest BCUT2D eigenvalue weighted by Crippen LogP contribution is 2.16. The number of ether oxygens (including phenoxy) is 3. The number of hydrogen-bond donors (Lipinski definition) is 0. The fourth-order valence-electron chi connectivity index (χ4n) is 8.29. The van der Waals surface area contributed by atoms with Crippen molar-refractivity contribution in [3.05, 3.63) is 72.9 Å². The molecule has 0 saturated carbocycles. The first kappa shape index (κ1) is 65.8. The summed E-state index contributed by atoms with van der Waals surface area (Å²) in [6, 6.07) is 0. The topological polar surface area (TPSA) is 78.9 Å². The molecule has 0 radical (unpaired) electrons. The molecule has 398 valence electrons. The zero-order valence-electron chi connectivity index (χ0n) is 45.6. The first-order chi connectivity index (χ1) is 34.0. The van der Waals surface area contributed by atoms with Crippen molar-refractivity contribution in [1.82, 2.24) is 0 Å². The predicted octanol–water partition coefficient (Wildman–Crippen LogP) is 19.8. The molecular weight excluding hydrogens is 853 g/mol. The molecule has 0 bridgehead atoms.